The zero-order valence-electron chi connectivity index (χ0n) is 12.4. The van der Waals surface area contributed by atoms with Crippen LogP contribution in [0.5, 0.6) is 5.75 Å². The topological polar surface area (TPSA) is 110 Å². The van der Waals surface area contributed by atoms with Gasteiger partial charge >= 0.3 is 5.97 Å². The molecule has 0 aromatic heterocycles. The van der Waals surface area contributed by atoms with Gasteiger partial charge in [0.15, 0.2) is 0 Å². The van der Waals surface area contributed by atoms with Gasteiger partial charge in [-0.25, -0.2) is 4.79 Å². The molecule has 126 valence electrons. The second kappa shape index (κ2) is 12.6. The van der Waals surface area contributed by atoms with E-state index in [9.17, 15) is 4.79 Å². The van der Waals surface area contributed by atoms with Crippen molar-refractivity contribution in [2.45, 2.75) is 0 Å². The maximum absolute atomic E-state index is 10.5. The molecule has 0 aliphatic rings. The van der Waals surface area contributed by atoms with Crippen molar-refractivity contribution in [3.8, 4) is 5.75 Å². The van der Waals surface area contributed by atoms with Gasteiger partial charge in [0, 0.05) is 19.6 Å². The van der Waals surface area contributed by atoms with Gasteiger partial charge in [-0.2, -0.15) is 0 Å². The van der Waals surface area contributed by atoms with Gasteiger partial charge in [0.2, 0.25) is 0 Å². The predicted octanol–water partition coefficient (Wildman–Crippen LogP) is 0.263. The number of hydrogen-bond donors (Lipinski definition) is 4. The van der Waals surface area contributed by atoms with Crippen LogP contribution in [0.15, 0.2) is 18.2 Å². The summed E-state index contributed by atoms with van der Waals surface area (Å²) in [6, 6.07) is 4.73. The molecule has 0 amide bonds. The highest BCUT2D eigenvalue weighted by molar-refractivity contribution is 14.1. The number of carbonyl (C=O) groups is 1. The quantitative estimate of drug-likeness (QED) is 0.441. The molecule has 7 nitrogen and oxygen atoms in total. The fourth-order valence-electron chi connectivity index (χ4n) is 1.56. The summed E-state index contributed by atoms with van der Waals surface area (Å²) in [6.07, 6.45) is 0. The summed E-state index contributed by atoms with van der Waals surface area (Å²) >= 11 is 2.03. The smallest absolute Gasteiger partial charge is 0.335 e. The van der Waals surface area contributed by atoms with Gasteiger partial charge in [0.25, 0.3) is 0 Å². The van der Waals surface area contributed by atoms with Crippen LogP contribution in [-0.4, -0.2) is 77.9 Å². The summed E-state index contributed by atoms with van der Waals surface area (Å²) in [5, 5.41) is 34.1. The zero-order chi connectivity index (χ0) is 17.0. The van der Waals surface area contributed by atoms with Crippen molar-refractivity contribution < 1.29 is 30.0 Å². The molecule has 1 aromatic rings. The molecule has 0 atom stereocenters. The lowest BCUT2D eigenvalue weighted by Crippen LogP contribution is -2.32. The maximum Gasteiger partial charge on any atom is 0.335 e. The Morgan fingerprint density at radius 1 is 1.14 bits per heavy atom. The average Bonchev–Trinajstić information content (AvgIpc) is 2.48. The number of halogens is 1. The van der Waals surface area contributed by atoms with Gasteiger partial charge in [-0.3, -0.25) is 4.90 Å². The molecule has 8 heteroatoms. The van der Waals surface area contributed by atoms with Crippen molar-refractivity contribution in [1.29, 1.82) is 0 Å². The van der Waals surface area contributed by atoms with Crippen LogP contribution in [-0.2, 0) is 0 Å². The van der Waals surface area contributed by atoms with Gasteiger partial charge in [-0.05, 0) is 40.8 Å². The third-order valence-electron chi connectivity index (χ3n) is 2.65. The Kier molecular flexibility index (Phi) is 12.1. The summed E-state index contributed by atoms with van der Waals surface area (Å²) in [4.78, 5) is 12.3. The van der Waals surface area contributed by atoms with Gasteiger partial charge in [-0.1, -0.05) is 0 Å². The summed E-state index contributed by atoms with van der Waals surface area (Å²) in [5.41, 5.74) is 0.278. The fourth-order valence-corrected chi connectivity index (χ4v) is 2.29. The number of hydrogen-bond acceptors (Lipinski definition) is 6. The van der Waals surface area contributed by atoms with Crippen LogP contribution < -0.4 is 4.74 Å². The molecule has 0 saturated carbocycles. The van der Waals surface area contributed by atoms with Crippen molar-refractivity contribution in [1.82, 2.24) is 4.90 Å². The molecule has 1 aromatic carbocycles. The number of nitrogens with zero attached hydrogens (tertiary/aromatic N) is 1. The Bertz CT molecular complexity index is 429. The van der Waals surface area contributed by atoms with E-state index in [1.54, 1.807) is 24.1 Å². The summed E-state index contributed by atoms with van der Waals surface area (Å²) in [5.74, 6) is -0.226. The highest BCUT2D eigenvalue weighted by Crippen LogP contribution is 2.21. The standard InChI is InChI=1S/C8H7IO3.C6H15NO3/c1-12-7-3-2-5(8(10)11)4-6(7)9;8-4-1-7(2-5-9)3-6-10/h2-4H,1H3,(H,10,11);8-10H,1-6H2. The molecular formula is C14H22INO6. The lowest BCUT2D eigenvalue weighted by atomic mass is 10.2. The van der Waals surface area contributed by atoms with Gasteiger partial charge in [0.1, 0.15) is 5.75 Å². The van der Waals surface area contributed by atoms with E-state index in [0.717, 1.165) is 3.57 Å². The number of aliphatic hydroxyl groups is 3. The summed E-state index contributed by atoms with van der Waals surface area (Å²) in [7, 11) is 1.55. The first-order chi connectivity index (χ1) is 10.5. The number of rotatable bonds is 8. The number of carboxylic acid groups (broad SMARTS) is 1. The molecule has 0 aliphatic carbocycles. The SMILES string of the molecule is COc1ccc(C(=O)O)cc1I.OCCN(CCO)CCO. The zero-order valence-corrected chi connectivity index (χ0v) is 14.6. The number of aliphatic hydroxyl groups excluding tert-OH is 3. The molecule has 0 unspecified atom stereocenters. The molecule has 0 bridgehead atoms. The minimum atomic E-state index is -0.921. The molecule has 1 rings (SSSR count). The maximum atomic E-state index is 10.5. The van der Waals surface area contributed by atoms with E-state index >= 15 is 0 Å². The molecule has 0 heterocycles. The molecule has 0 saturated heterocycles. The van der Waals surface area contributed by atoms with Gasteiger partial charge in [-0.15, -0.1) is 0 Å². The molecular weight excluding hydrogens is 405 g/mol. The fraction of sp³-hybridized carbons (Fsp3) is 0.500. The van der Waals surface area contributed by atoms with Gasteiger partial charge in [0.05, 0.1) is 36.1 Å². The Balaban J connectivity index is 0.000000409. The van der Waals surface area contributed by atoms with Crippen LogP contribution in [0.4, 0.5) is 0 Å². The lowest BCUT2D eigenvalue weighted by Gasteiger charge is -2.17. The summed E-state index contributed by atoms with van der Waals surface area (Å²) in [6.45, 7) is 1.75. The van der Waals surface area contributed by atoms with E-state index < -0.39 is 5.97 Å². The number of benzene rings is 1. The molecule has 0 fully saturated rings. The first-order valence-electron chi connectivity index (χ1n) is 6.61. The Morgan fingerprint density at radius 2 is 1.64 bits per heavy atom. The van der Waals surface area contributed by atoms with Gasteiger partial charge < -0.3 is 25.2 Å². The molecule has 4 N–H and O–H groups in total. The second-order valence-corrected chi connectivity index (χ2v) is 5.33. The first-order valence-corrected chi connectivity index (χ1v) is 7.69. The van der Waals surface area contributed by atoms with Crippen LogP contribution in [0.25, 0.3) is 0 Å². The molecule has 22 heavy (non-hydrogen) atoms. The third-order valence-corrected chi connectivity index (χ3v) is 3.49. The van der Waals surface area contributed by atoms with E-state index in [-0.39, 0.29) is 25.4 Å². The lowest BCUT2D eigenvalue weighted by molar-refractivity contribution is 0.0696. The van der Waals surface area contributed by atoms with Crippen LogP contribution >= 0.6 is 22.6 Å². The van der Waals surface area contributed by atoms with Crippen molar-refractivity contribution in [2.24, 2.45) is 0 Å². The Hall–Kier alpha value is -0.940. The Labute approximate surface area is 143 Å². The largest absolute Gasteiger partial charge is 0.496 e. The predicted molar refractivity (Wildman–Crippen MR) is 90.4 cm³/mol. The van der Waals surface area contributed by atoms with Crippen molar-refractivity contribution in [2.75, 3.05) is 46.6 Å². The molecule has 0 radical (unpaired) electrons. The van der Waals surface area contributed by atoms with Crippen molar-refractivity contribution >= 4 is 28.6 Å². The monoisotopic (exact) mass is 427 g/mol. The first kappa shape index (κ1) is 21.1. The van der Waals surface area contributed by atoms with E-state index in [4.69, 9.17) is 25.2 Å². The van der Waals surface area contributed by atoms with Crippen LogP contribution in [0.2, 0.25) is 0 Å². The number of ether oxygens (including phenoxy) is 1. The van der Waals surface area contributed by atoms with Crippen LogP contribution in [0, 0.1) is 3.57 Å². The molecule has 0 spiro atoms. The van der Waals surface area contributed by atoms with Crippen LogP contribution in [0.3, 0.4) is 0 Å². The van der Waals surface area contributed by atoms with Crippen molar-refractivity contribution in [3.05, 3.63) is 27.3 Å². The highest BCUT2D eigenvalue weighted by atomic mass is 127. The van der Waals surface area contributed by atoms with E-state index in [0.29, 0.717) is 25.4 Å². The van der Waals surface area contributed by atoms with Crippen molar-refractivity contribution in [3.63, 3.8) is 0 Å². The summed E-state index contributed by atoms with van der Waals surface area (Å²) < 4.78 is 5.78. The van der Waals surface area contributed by atoms with Crippen LogP contribution in [0.1, 0.15) is 10.4 Å². The minimum absolute atomic E-state index is 0.0694. The van der Waals surface area contributed by atoms with E-state index in [1.165, 1.54) is 6.07 Å². The Morgan fingerprint density at radius 3 is 1.95 bits per heavy atom. The number of methoxy groups -OCH3 is 1. The van der Waals surface area contributed by atoms with E-state index in [1.807, 2.05) is 22.6 Å². The number of aromatic carboxylic acids is 1. The molecule has 0 aliphatic heterocycles. The average molecular weight is 427 g/mol. The number of carboxylic acids is 1. The third kappa shape index (κ3) is 8.49. The second-order valence-electron chi connectivity index (χ2n) is 4.17. The highest BCUT2D eigenvalue weighted by Gasteiger charge is 2.05. The minimum Gasteiger partial charge on any atom is -0.496 e. The van der Waals surface area contributed by atoms with E-state index in [2.05, 4.69) is 0 Å². The normalized spacial score (nSPS) is 10.1.